The van der Waals surface area contributed by atoms with Crippen LogP contribution >= 0.6 is 11.3 Å². The molecule has 0 aromatic carbocycles. The molecule has 0 bridgehead atoms. The summed E-state index contributed by atoms with van der Waals surface area (Å²) >= 11 is 1.70. The van der Waals surface area contributed by atoms with Crippen molar-refractivity contribution in [1.82, 2.24) is 10.2 Å². The average molecular weight is 292 g/mol. The molecule has 0 fully saturated rings. The highest BCUT2D eigenvalue weighted by molar-refractivity contribution is 7.09. The second kappa shape index (κ2) is 8.10. The molecule has 1 aliphatic rings. The van der Waals surface area contributed by atoms with Crippen molar-refractivity contribution in [2.75, 3.05) is 13.1 Å². The molecular weight excluding hydrogens is 268 g/mol. The Hall–Kier alpha value is -1.29. The Morgan fingerprint density at radius 2 is 2.35 bits per heavy atom. The van der Waals surface area contributed by atoms with Gasteiger partial charge >= 0.3 is 6.03 Å². The maximum Gasteiger partial charge on any atom is 0.317 e. The summed E-state index contributed by atoms with van der Waals surface area (Å²) in [5.74, 6) is 0. The van der Waals surface area contributed by atoms with Gasteiger partial charge in [0, 0.05) is 18.0 Å². The van der Waals surface area contributed by atoms with Crippen molar-refractivity contribution in [3.63, 3.8) is 0 Å². The number of amides is 2. The number of hydrogen-bond acceptors (Lipinski definition) is 2. The van der Waals surface area contributed by atoms with Crippen LogP contribution in [0.2, 0.25) is 0 Å². The Kier molecular flexibility index (Phi) is 6.12. The van der Waals surface area contributed by atoms with E-state index in [1.54, 1.807) is 11.3 Å². The van der Waals surface area contributed by atoms with E-state index in [1.165, 1.54) is 36.1 Å². The molecule has 0 radical (unpaired) electrons. The zero-order valence-corrected chi connectivity index (χ0v) is 13.0. The summed E-state index contributed by atoms with van der Waals surface area (Å²) in [6.45, 7) is 4.23. The summed E-state index contributed by atoms with van der Waals surface area (Å²) in [6, 6.07) is 4.16. The number of carbonyl (C=O) groups is 1. The van der Waals surface area contributed by atoms with Crippen LogP contribution in [0, 0.1) is 0 Å². The Balaban J connectivity index is 1.73. The van der Waals surface area contributed by atoms with Gasteiger partial charge in [0.15, 0.2) is 0 Å². The van der Waals surface area contributed by atoms with Crippen molar-refractivity contribution in [1.29, 1.82) is 0 Å². The second-order valence-electron chi connectivity index (χ2n) is 5.18. The van der Waals surface area contributed by atoms with Gasteiger partial charge in [-0.1, -0.05) is 17.7 Å². The van der Waals surface area contributed by atoms with E-state index in [-0.39, 0.29) is 6.03 Å². The third kappa shape index (κ3) is 4.67. The first-order valence-corrected chi connectivity index (χ1v) is 8.40. The highest BCUT2D eigenvalue weighted by Gasteiger charge is 2.12. The van der Waals surface area contributed by atoms with E-state index < -0.39 is 0 Å². The van der Waals surface area contributed by atoms with Crippen LogP contribution in [-0.2, 0) is 6.54 Å². The fourth-order valence-corrected chi connectivity index (χ4v) is 3.21. The lowest BCUT2D eigenvalue weighted by molar-refractivity contribution is 0.198. The molecule has 0 aliphatic heterocycles. The molecule has 0 spiro atoms. The Bertz CT molecular complexity index is 439. The largest absolute Gasteiger partial charge is 0.338 e. The van der Waals surface area contributed by atoms with E-state index in [9.17, 15) is 4.79 Å². The minimum absolute atomic E-state index is 0.0531. The van der Waals surface area contributed by atoms with Gasteiger partial charge in [0.05, 0.1) is 6.54 Å². The summed E-state index contributed by atoms with van der Waals surface area (Å²) < 4.78 is 0. The minimum atomic E-state index is 0.0531. The van der Waals surface area contributed by atoms with Gasteiger partial charge in [0.25, 0.3) is 0 Å². The minimum Gasteiger partial charge on any atom is -0.338 e. The molecule has 2 rings (SSSR count). The lowest BCUT2D eigenvalue weighted by atomic mass is 9.97. The van der Waals surface area contributed by atoms with Crippen molar-refractivity contribution >= 4 is 17.4 Å². The zero-order valence-electron chi connectivity index (χ0n) is 12.2. The number of thiophene rings is 1. The predicted molar refractivity (Wildman–Crippen MR) is 85.0 cm³/mol. The number of nitrogens with zero attached hydrogens (tertiary/aromatic N) is 1. The molecule has 20 heavy (non-hydrogen) atoms. The van der Waals surface area contributed by atoms with Gasteiger partial charge in [0.2, 0.25) is 0 Å². The predicted octanol–water partition coefficient (Wildman–Crippen LogP) is 4.17. The lowest BCUT2D eigenvalue weighted by Gasteiger charge is -2.21. The van der Waals surface area contributed by atoms with Crippen molar-refractivity contribution in [2.24, 2.45) is 0 Å². The normalized spacial score (nSPS) is 14.8. The summed E-state index contributed by atoms with van der Waals surface area (Å²) in [7, 11) is 0. The Morgan fingerprint density at radius 3 is 3.00 bits per heavy atom. The van der Waals surface area contributed by atoms with Gasteiger partial charge in [-0.25, -0.2) is 4.79 Å². The fourth-order valence-electron chi connectivity index (χ4n) is 2.49. The summed E-state index contributed by atoms with van der Waals surface area (Å²) in [5.41, 5.74) is 1.51. The molecule has 2 amide bonds. The van der Waals surface area contributed by atoms with Crippen molar-refractivity contribution in [3.8, 4) is 0 Å². The Morgan fingerprint density at radius 1 is 1.45 bits per heavy atom. The first-order chi connectivity index (χ1) is 9.79. The maximum atomic E-state index is 12.1. The van der Waals surface area contributed by atoms with Gasteiger partial charge in [-0.05, 0) is 50.5 Å². The molecule has 1 aromatic heterocycles. The van der Waals surface area contributed by atoms with E-state index in [0.717, 1.165) is 19.5 Å². The zero-order chi connectivity index (χ0) is 14.2. The third-order valence-corrected chi connectivity index (χ3v) is 4.56. The first kappa shape index (κ1) is 15.1. The van der Waals surface area contributed by atoms with Crippen molar-refractivity contribution in [2.45, 2.75) is 45.6 Å². The third-order valence-electron chi connectivity index (χ3n) is 3.70. The smallest absolute Gasteiger partial charge is 0.317 e. The van der Waals surface area contributed by atoms with Crippen molar-refractivity contribution < 1.29 is 4.79 Å². The highest BCUT2D eigenvalue weighted by Crippen LogP contribution is 2.19. The molecule has 110 valence electrons. The number of rotatable bonds is 6. The molecule has 0 unspecified atom stereocenters. The van der Waals surface area contributed by atoms with Gasteiger partial charge < -0.3 is 10.2 Å². The summed E-state index contributed by atoms with van der Waals surface area (Å²) in [6.07, 6.45) is 8.39. The van der Waals surface area contributed by atoms with Crippen molar-refractivity contribution in [3.05, 3.63) is 34.0 Å². The van der Waals surface area contributed by atoms with Gasteiger partial charge in [0.1, 0.15) is 0 Å². The molecule has 1 N–H and O–H groups in total. The fraction of sp³-hybridized carbons (Fsp3) is 0.562. The van der Waals surface area contributed by atoms with Gasteiger partial charge in [-0.15, -0.1) is 11.3 Å². The average Bonchev–Trinajstić information content (AvgIpc) is 2.98. The molecule has 3 nitrogen and oxygen atoms in total. The summed E-state index contributed by atoms with van der Waals surface area (Å²) in [4.78, 5) is 15.2. The molecule has 1 heterocycles. The molecule has 0 saturated heterocycles. The number of hydrogen-bond donors (Lipinski definition) is 1. The standard InChI is InChI=1S/C16H24N2OS/c1-2-18(13-15-9-6-12-20-15)16(19)17-11-10-14-7-4-3-5-8-14/h6-7,9,12H,2-5,8,10-11,13H2,1H3,(H,17,19). The second-order valence-corrected chi connectivity index (χ2v) is 6.22. The van der Waals surface area contributed by atoms with Crippen LogP contribution < -0.4 is 5.32 Å². The topological polar surface area (TPSA) is 32.3 Å². The van der Waals surface area contributed by atoms with Crippen LogP contribution in [0.15, 0.2) is 29.2 Å². The number of nitrogens with one attached hydrogen (secondary N) is 1. The first-order valence-electron chi connectivity index (χ1n) is 7.52. The van der Waals surface area contributed by atoms with E-state index in [0.29, 0.717) is 6.54 Å². The van der Waals surface area contributed by atoms with Crippen LogP contribution in [0.25, 0.3) is 0 Å². The molecule has 1 aliphatic carbocycles. The lowest BCUT2D eigenvalue weighted by Crippen LogP contribution is -2.39. The van der Waals surface area contributed by atoms with Crippen LogP contribution in [0.4, 0.5) is 4.79 Å². The molecule has 0 atom stereocenters. The number of urea groups is 1. The van der Waals surface area contributed by atoms with E-state index in [1.807, 2.05) is 17.9 Å². The van der Waals surface area contributed by atoms with Crippen LogP contribution in [0.3, 0.4) is 0 Å². The molecule has 0 saturated carbocycles. The Labute approximate surface area is 125 Å². The monoisotopic (exact) mass is 292 g/mol. The number of carbonyl (C=O) groups excluding carboxylic acids is 1. The molecule has 1 aromatic rings. The highest BCUT2D eigenvalue weighted by atomic mass is 32.1. The molecule has 4 heteroatoms. The SMILES string of the molecule is CCN(Cc1cccs1)C(=O)NCCC1=CCCCC1. The van der Waals surface area contributed by atoms with Gasteiger partial charge in [-0.2, -0.15) is 0 Å². The van der Waals surface area contributed by atoms with E-state index in [4.69, 9.17) is 0 Å². The maximum absolute atomic E-state index is 12.1. The van der Waals surface area contributed by atoms with Crippen LogP contribution in [0.1, 0.15) is 43.9 Å². The van der Waals surface area contributed by atoms with Crippen LogP contribution in [0.5, 0.6) is 0 Å². The quantitative estimate of drug-likeness (QED) is 0.784. The number of allylic oxidation sites excluding steroid dienone is 1. The molecular formula is C16H24N2OS. The van der Waals surface area contributed by atoms with Gasteiger partial charge in [-0.3, -0.25) is 0 Å². The summed E-state index contributed by atoms with van der Waals surface area (Å²) in [5, 5.41) is 5.10. The van der Waals surface area contributed by atoms with Crippen LogP contribution in [-0.4, -0.2) is 24.0 Å². The van der Waals surface area contributed by atoms with E-state index in [2.05, 4.69) is 22.8 Å². The van der Waals surface area contributed by atoms with E-state index >= 15 is 0 Å².